The number of halogens is 2. The molecule has 0 aliphatic carbocycles. The highest BCUT2D eigenvalue weighted by Crippen LogP contribution is 2.20. The highest BCUT2D eigenvalue weighted by atomic mass is 19.1. The maximum atomic E-state index is 13.1. The summed E-state index contributed by atoms with van der Waals surface area (Å²) in [5.74, 6) is -1.23. The van der Waals surface area contributed by atoms with Gasteiger partial charge in [0.1, 0.15) is 11.6 Å². The number of nitrogens with zero attached hydrogens (tertiary/aromatic N) is 1. The Morgan fingerprint density at radius 1 is 0.947 bits per heavy atom. The van der Waals surface area contributed by atoms with Crippen molar-refractivity contribution in [2.45, 2.75) is 13.3 Å². The Bertz CT molecular complexity index is 538. The molecule has 2 aromatic rings. The molecule has 0 fully saturated rings. The van der Waals surface area contributed by atoms with Gasteiger partial charge in [-0.05, 0) is 24.6 Å². The van der Waals surface area contributed by atoms with Crippen molar-refractivity contribution in [2.75, 3.05) is 17.2 Å². The second-order valence-electron chi connectivity index (χ2n) is 4.17. The van der Waals surface area contributed by atoms with Gasteiger partial charge >= 0.3 is 0 Å². The first kappa shape index (κ1) is 13.3. The molecule has 0 saturated heterocycles. The van der Waals surface area contributed by atoms with Crippen molar-refractivity contribution >= 4 is 17.1 Å². The number of nitrogens with one attached hydrogen (secondary N) is 2. The van der Waals surface area contributed by atoms with Crippen LogP contribution in [0.1, 0.15) is 13.3 Å². The van der Waals surface area contributed by atoms with Gasteiger partial charge in [-0.1, -0.05) is 6.92 Å². The molecule has 0 aliphatic heterocycles. The minimum Gasteiger partial charge on any atom is -0.384 e. The van der Waals surface area contributed by atoms with Crippen LogP contribution in [0.5, 0.6) is 0 Å². The molecular weight excluding hydrogens is 248 g/mol. The van der Waals surface area contributed by atoms with Gasteiger partial charge in [0.05, 0.1) is 23.8 Å². The van der Waals surface area contributed by atoms with Gasteiger partial charge < -0.3 is 10.6 Å². The van der Waals surface area contributed by atoms with Crippen molar-refractivity contribution in [3.05, 3.63) is 48.3 Å². The molecule has 0 saturated carbocycles. The van der Waals surface area contributed by atoms with E-state index in [0.29, 0.717) is 11.4 Å². The number of aromatic nitrogens is 1. The Labute approximate surface area is 110 Å². The summed E-state index contributed by atoms with van der Waals surface area (Å²) in [4.78, 5) is 4.07. The Morgan fingerprint density at radius 3 is 2.32 bits per heavy atom. The standard InChI is InChI=1S/C14H15F2N3/c1-2-3-18-13-7-14(9-17-8-13)19-12-5-10(15)4-11(16)6-12/h4-9,18-19H,2-3H2,1H3. The summed E-state index contributed by atoms with van der Waals surface area (Å²) < 4.78 is 26.1. The molecule has 1 heterocycles. The molecule has 0 unspecified atom stereocenters. The average Bonchev–Trinajstić information content (AvgIpc) is 2.35. The van der Waals surface area contributed by atoms with Gasteiger partial charge in [0.25, 0.3) is 0 Å². The zero-order chi connectivity index (χ0) is 13.7. The van der Waals surface area contributed by atoms with E-state index >= 15 is 0 Å². The van der Waals surface area contributed by atoms with Crippen molar-refractivity contribution < 1.29 is 8.78 Å². The predicted octanol–water partition coefficient (Wildman–Crippen LogP) is 3.93. The second-order valence-corrected chi connectivity index (χ2v) is 4.17. The maximum Gasteiger partial charge on any atom is 0.128 e. The average molecular weight is 263 g/mol. The molecule has 5 heteroatoms. The molecule has 19 heavy (non-hydrogen) atoms. The molecule has 0 spiro atoms. The predicted molar refractivity (Wildman–Crippen MR) is 72.7 cm³/mol. The third-order valence-corrected chi connectivity index (χ3v) is 2.47. The van der Waals surface area contributed by atoms with Crippen LogP contribution in [0.25, 0.3) is 0 Å². The molecule has 2 N–H and O–H groups in total. The van der Waals surface area contributed by atoms with Gasteiger partial charge in [0, 0.05) is 18.3 Å². The van der Waals surface area contributed by atoms with Gasteiger partial charge in [0.15, 0.2) is 0 Å². The highest BCUT2D eigenvalue weighted by Gasteiger charge is 2.02. The van der Waals surface area contributed by atoms with Gasteiger partial charge in [-0.3, -0.25) is 4.98 Å². The number of anilines is 3. The van der Waals surface area contributed by atoms with Gasteiger partial charge in [0.2, 0.25) is 0 Å². The van der Waals surface area contributed by atoms with E-state index in [9.17, 15) is 8.78 Å². The molecule has 0 aliphatic rings. The summed E-state index contributed by atoms with van der Waals surface area (Å²) in [7, 11) is 0. The normalized spacial score (nSPS) is 10.3. The molecule has 3 nitrogen and oxygen atoms in total. The first-order valence-corrected chi connectivity index (χ1v) is 6.09. The van der Waals surface area contributed by atoms with Crippen LogP contribution in [0, 0.1) is 11.6 Å². The monoisotopic (exact) mass is 263 g/mol. The quantitative estimate of drug-likeness (QED) is 0.858. The fraction of sp³-hybridized carbons (Fsp3) is 0.214. The Kier molecular flexibility index (Phi) is 4.28. The number of pyridine rings is 1. The van der Waals surface area contributed by atoms with Crippen molar-refractivity contribution in [1.29, 1.82) is 0 Å². The lowest BCUT2D eigenvalue weighted by Crippen LogP contribution is -2.01. The van der Waals surface area contributed by atoms with Crippen LogP contribution >= 0.6 is 0 Å². The van der Waals surface area contributed by atoms with E-state index in [-0.39, 0.29) is 0 Å². The van der Waals surface area contributed by atoms with Crippen LogP contribution in [0.4, 0.5) is 25.8 Å². The summed E-state index contributed by atoms with van der Waals surface area (Å²) in [6.07, 6.45) is 4.31. The first-order valence-electron chi connectivity index (χ1n) is 6.09. The maximum absolute atomic E-state index is 13.1. The molecule has 0 atom stereocenters. The summed E-state index contributed by atoms with van der Waals surface area (Å²) in [5, 5.41) is 6.11. The third kappa shape index (κ3) is 3.91. The molecule has 100 valence electrons. The van der Waals surface area contributed by atoms with Crippen molar-refractivity contribution in [3.8, 4) is 0 Å². The molecule has 0 radical (unpaired) electrons. The van der Waals surface area contributed by atoms with Crippen LogP contribution in [0.3, 0.4) is 0 Å². The van der Waals surface area contributed by atoms with E-state index in [1.54, 1.807) is 12.4 Å². The number of hydrogen-bond donors (Lipinski definition) is 2. The second kappa shape index (κ2) is 6.13. The zero-order valence-corrected chi connectivity index (χ0v) is 10.6. The molecule has 1 aromatic carbocycles. The van der Waals surface area contributed by atoms with E-state index in [4.69, 9.17) is 0 Å². The number of hydrogen-bond acceptors (Lipinski definition) is 3. The van der Waals surface area contributed by atoms with Gasteiger partial charge in [-0.25, -0.2) is 8.78 Å². The fourth-order valence-corrected chi connectivity index (χ4v) is 1.67. The molecule has 1 aromatic heterocycles. The van der Waals surface area contributed by atoms with E-state index in [1.165, 1.54) is 12.1 Å². The lowest BCUT2D eigenvalue weighted by molar-refractivity contribution is 0.584. The topological polar surface area (TPSA) is 37.0 Å². The Morgan fingerprint density at radius 2 is 1.63 bits per heavy atom. The van der Waals surface area contributed by atoms with Gasteiger partial charge in [-0.15, -0.1) is 0 Å². The summed E-state index contributed by atoms with van der Waals surface area (Å²) in [6, 6.07) is 5.14. The zero-order valence-electron chi connectivity index (χ0n) is 10.6. The largest absolute Gasteiger partial charge is 0.384 e. The Balaban J connectivity index is 2.13. The van der Waals surface area contributed by atoms with Crippen LogP contribution in [-0.2, 0) is 0 Å². The smallest absolute Gasteiger partial charge is 0.128 e. The van der Waals surface area contributed by atoms with Crippen molar-refractivity contribution in [3.63, 3.8) is 0 Å². The van der Waals surface area contributed by atoms with E-state index in [2.05, 4.69) is 22.5 Å². The summed E-state index contributed by atoms with van der Waals surface area (Å²) in [6.45, 7) is 2.91. The van der Waals surface area contributed by atoms with E-state index < -0.39 is 11.6 Å². The summed E-state index contributed by atoms with van der Waals surface area (Å²) in [5.41, 5.74) is 1.89. The Hall–Kier alpha value is -2.17. The van der Waals surface area contributed by atoms with Gasteiger partial charge in [-0.2, -0.15) is 0 Å². The lowest BCUT2D eigenvalue weighted by Gasteiger charge is -2.09. The van der Waals surface area contributed by atoms with Crippen LogP contribution in [0.2, 0.25) is 0 Å². The highest BCUT2D eigenvalue weighted by molar-refractivity contribution is 5.63. The van der Waals surface area contributed by atoms with Crippen molar-refractivity contribution in [1.82, 2.24) is 4.98 Å². The molecule has 0 bridgehead atoms. The third-order valence-electron chi connectivity index (χ3n) is 2.47. The summed E-state index contributed by atoms with van der Waals surface area (Å²) >= 11 is 0. The van der Waals surface area contributed by atoms with Crippen LogP contribution in [0.15, 0.2) is 36.7 Å². The first-order chi connectivity index (χ1) is 9.17. The fourth-order valence-electron chi connectivity index (χ4n) is 1.67. The van der Waals surface area contributed by atoms with E-state index in [0.717, 1.165) is 24.7 Å². The number of benzene rings is 1. The van der Waals surface area contributed by atoms with Crippen molar-refractivity contribution in [2.24, 2.45) is 0 Å². The minimum absolute atomic E-state index is 0.354. The SMILES string of the molecule is CCCNc1cncc(Nc2cc(F)cc(F)c2)c1. The molecule has 0 amide bonds. The van der Waals surface area contributed by atoms with Crippen LogP contribution < -0.4 is 10.6 Å². The minimum atomic E-state index is -0.615. The molecule has 2 rings (SSSR count). The van der Waals surface area contributed by atoms with E-state index in [1.807, 2.05) is 6.07 Å². The molecular formula is C14H15F2N3. The lowest BCUT2D eigenvalue weighted by atomic mass is 10.2. The van der Waals surface area contributed by atoms with Crippen LogP contribution in [-0.4, -0.2) is 11.5 Å². The number of rotatable bonds is 5.